The molecule has 1 heterocycles. The number of nitrogens with zero attached hydrogens (tertiary/aromatic N) is 1. The van der Waals surface area contributed by atoms with Gasteiger partial charge in [-0.05, 0) is 30.3 Å². The number of aliphatic hydroxyl groups excluding tert-OH is 1. The molecule has 0 aromatic carbocycles. The highest BCUT2D eigenvalue weighted by molar-refractivity contribution is 7.06. The van der Waals surface area contributed by atoms with E-state index in [1.165, 1.54) is 11.5 Å². The van der Waals surface area contributed by atoms with Crippen LogP contribution in [0.15, 0.2) is 6.07 Å². The zero-order valence-corrected chi connectivity index (χ0v) is 7.67. The molecule has 1 aliphatic carbocycles. The zero-order valence-electron chi connectivity index (χ0n) is 6.86. The van der Waals surface area contributed by atoms with E-state index in [4.69, 9.17) is 4.74 Å². The normalized spacial score (nSPS) is 19.2. The molecule has 1 atom stereocenters. The molecule has 1 saturated carbocycles. The Morgan fingerprint density at radius 1 is 1.75 bits per heavy atom. The number of methoxy groups -OCH3 is 1. The Bertz CT molecular complexity index is 270. The van der Waals surface area contributed by atoms with Gasteiger partial charge in [0.15, 0.2) is 0 Å². The first-order chi connectivity index (χ1) is 5.81. The highest BCUT2D eigenvalue weighted by Crippen LogP contribution is 2.42. The molecule has 1 fully saturated rings. The predicted molar refractivity (Wildman–Crippen MR) is 46.3 cm³/mol. The maximum atomic E-state index is 9.68. The van der Waals surface area contributed by atoms with Crippen LogP contribution in [-0.4, -0.2) is 16.6 Å². The summed E-state index contributed by atoms with van der Waals surface area (Å²) >= 11 is 1.33. The van der Waals surface area contributed by atoms with Crippen LogP contribution in [0, 0.1) is 5.92 Å². The molecule has 0 spiro atoms. The molecule has 0 radical (unpaired) electrons. The Kier molecular flexibility index (Phi) is 2.02. The molecule has 4 heteroatoms. The molecular weight excluding hydrogens is 174 g/mol. The Morgan fingerprint density at radius 3 is 3.00 bits per heavy atom. The van der Waals surface area contributed by atoms with Crippen LogP contribution in [0.3, 0.4) is 0 Å². The van der Waals surface area contributed by atoms with E-state index in [9.17, 15) is 5.11 Å². The van der Waals surface area contributed by atoms with E-state index in [0.29, 0.717) is 11.8 Å². The Balaban J connectivity index is 2.10. The van der Waals surface area contributed by atoms with Crippen molar-refractivity contribution < 1.29 is 9.84 Å². The average molecular weight is 185 g/mol. The van der Waals surface area contributed by atoms with Gasteiger partial charge in [-0.25, -0.2) is 0 Å². The Hall–Kier alpha value is -0.610. The van der Waals surface area contributed by atoms with Crippen LogP contribution >= 0.6 is 11.5 Å². The monoisotopic (exact) mass is 185 g/mol. The molecule has 3 nitrogen and oxygen atoms in total. The number of aliphatic hydroxyl groups is 1. The van der Waals surface area contributed by atoms with Crippen LogP contribution in [0.25, 0.3) is 0 Å². The van der Waals surface area contributed by atoms with Gasteiger partial charge in [0.05, 0.1) is 18.1 Å². The van der Waals surface area contributed by atoms with Gasteiger partial charge < -0.3 is 9.84 Å². The van der Waals surface area contributed by atoms with Crippen molar-refractivity contribution in [2.45, 2.75) is 18.9 Å². The second kappa shape index (κ2) is 3.03. The van der Waals surface area contributed by atoms with E-state index < -0.39 is 0 Å². The molecule has 1 N–H and O–H groups in total. The van der Waals surface area contributed by atoms with Crippen LogP contribution in [0.4, 0.5) is 0 Å². The Morgan fingerprint density at radius 2 is 2.50 bits per heavy atom. The summed E-state index contributed by atoms with van der Waals surface area (Å²) in [5.41, 5.74) is 0. The molecule has 12 heavy (non-hydrogen) atoms. The van der Waals surface area contributed by atoms with Crippen molar-refractivity contribution in [3.05, 3.63) is 10.9 Å². The lowest BCUT2D eigenvalue weighted by molar-refractivity contribution is 0.157. The van der Waals surface area contributed by atoms with E-state index in [-0.39, 0.29) is 6.10 Å². The molecular formula is C8H11NO2S. The van der Waals surface area contributed by atoms with Gasteiger partial charge in [-0.2, -0.15) is 4.37 Å². The first kappa shape index (κ1) is 8.01. The van der Waals surface area contributed by atoms with Crippen molar-refractivity contribution in [1.82, 2.24) is 4.37 Å². The third-order valence-electron chi connectivity index (χ3n) is 2.08. The van der Waals surface area contributed by atoms with Crippen LogP contribution in [-0.2, 0) is 0 Å². The molecule has 1 unspecified atom stereocenters. The minimum Gasteiger partial charge on any atom is -0.480 e. The van der Waals surface area contributed by atoms with Crippen LogP contribution in [0.1, 0.15) is 23.8 Å². The average Bonchev–Trinajstić information content (AvgIpc) is 2.82. The molecule has 2 rings (SSSR count). The quantitative estimate of drug-likeness (QED) is 0.777. The van der Waals surface area contributed by atoms with Crippen LogP contribution < -0.4 is 4.74 Å². The lowest BCUT2D eigenvalue weighted by Crippen LogP contribution is -1.95. The number of ether oxygens (including phenoxy) is 1. The second-order valence-corrected chi connectivity index (χ2v) is 3.89. The first-order valence-electron chi connectivity index (χ1n) is 4.00. The maximum absolute atomic E-state index is 9.68. The fraction of sp³-hybridized carbons (Fsp3) is 0.625. The predicted octanol–water partition coefficient (Wildman–Crippen LogP) is 1.60. The van der Waals surface area contributed by atoms with E-state index in [1.54, 1.807) is 7.11 Å². The summed E-state index contributed by atoms with van der Waals surface area (Å²) in [6.45, 7) is 0. The van der Waals surface area contributed by atoms with Gasteiger partial charge in [-0.1, -0.05) is 0 Å². The van der Waals surface area contributed by atoms with Crippen molar-refractivity contribution in [1.29, 1.82) is 0 Å². The van der Waals surface area contributed by atoms with Gasteiger partial charge in [0.2, 0.25) is 5.88 Å². The third kappa shape index (κ3) is 1.44. The SMILES string of the molecule is COc1cc(C(O)C2CC2)sn1. The molecule has 66 valence electrons. The highest BCUT2D eigenvalue weighted by atomic mass is 32.1. The van der Waals surface area contributed by atoms with Gasteiger partial charge >= 0.3 is 0 Å². The van der Waals surface area contributed by atoms with Crippen molar-refractivity contribution in [3.8, 4) is 5.88 Å². The summed E-state index contributed by atoms with van der Waals surface area (Å²) in [4.78, 5) is 0.925. The smallest absolute Gasteiger partial charge is 0.225 e. The number of hydrogen-bond donors (Lipinski definition) is 1. The molecule has 0 aliphatic heterocycles. The lowest BCUT2D eigenvalue weighted by Gasteiger charge is -2.02. The van der Waals surface area contributed by atoms with E-state index in [0.717, 1.165) is 17.7 Å². The summed E-state index contributed by atoms with van der Waals surface area (Å²) in [7, 11) is 1.59. The van der Waals surface area contributed by atoms with Crippen molar-refractivity contribution >= 4 is 11.5 Å². The number of hydrogen-bond acceptors (Lipinski definition) is 4. The van der Waals surface area contributed by atoms with Crippen molar-refractivity contribution in [2.75, 3.05) is 7.11 Å². The van der Waals surface area contributed by atoms with E-state index in [2.05, 4.69) is 4.37 Å². The maximum Gasteiger partial charge on any atom is 0.225 e. The minimum atomic E-state index is -0.314. The molecule has 0 bridgehead atoms. The fourth-order valence-electron chi connectivity index (χ4n) is 1.15. The third-order valence-corrected chi connectivity index (χ3v) is 2.92. The summed E-state index contributed by atoms with van der Waals surface area (Å²) in [5, 5.41) is 9.68. The summed E-state index contributed by atoms with van der Waals surface area (Å²) in [6, 6.07) is 1.81. The standard InChI is InChI=1S/C8H11NO2S/c1-11-7-4-6(12-9-7)8(10)5-2-3-5/h4-5,8,10H,2-3H2,1H3. The minimum absolute atomic E-state index is 0.314. The second-order valence-electron chi connectivity index (χ2n) is 3.05. The van der Waals surface area contributed by atoms with Crippen LogP contribution in [0.5, 0.6) is 5.88 Å². The number of aromatic nitrogens is 1. The van der Waals surface area contributed by atoms with Crippen molar-refractivity contribution in [3.63, 3.8) is 0 Å². The van der Waals surface area contributed by atoms with E-state index in [1.807, 2.05) is 6.07 Å². The largest absolute Gasteiger partial charge is 0.480 e. The van der Waals surface area contributed by atoms with Gasteiger partial charge in [0.1, 0.15) is 0 Å². The van der Waals surface area contributed by atoms with E-state index >= 15 is 0 Å². The van der Waals surface area contributed by atoms with Crippen LogP contribution in [0.2, 0.25) is 0 Å². The number of rotatable bonds is 3. The van der Waals surface area contributed by atoms with Gasteiger partial charge in [0, 0.05) is 6.07 Å². The molecule has 1 aliphatic rings. The van der Waals surface area contributed by atoms with Gasteiger partial charge in [0.25, 0.3) is 0 Å². The molecule has 1 aromatic heterocycles. The fourth-order valence-corrected chi connectivity index (χ4v) is 1.93. The molecule has 1 aromatic rings. The van der Waals surface area contributed by atoms with Gasteiger partial charge in [-0.3, -0.25) is 0 Å². The lowest BCUT2D eigenvalue weighted by atomic mass is 10.2. The van der Waals surface area contributed by atoms with Gasteiger partial charge in [-0.15, -0.1) is 0 Å². The highest BCUT2D eigenvalue weighted by Gasteiger charge is 2.32. The summed E-state index contributed by atoms with van der Waals surface area (Å²) < 4.78 is 8.96. The first-order valence-corrected chi connectivity index (χ1v) is 4.77. The molecule has 0 amide bonds. The summed E-state index contributed by atoms with van der Waals surface area (Å²) in [6.07, 6.45) is 1.97. The zero-order chi connectivity index (χ0) is 8.55. The Labute approximate surface area is 75.2 Å². The summed E-state index contributed by atoms with van der Waals surface area (Å²) in [5.74, 6) is 1.07. The topological polar surface area (TPSA) is 42.4 Å². The van der Waals surface area contributed by atoms with Crippen molar-refractivity contribution in [2.24, 2.45) is 5.92 Å². The molecule has 0 saturated heterocycles.